The van der Waals surface area contributed by atoms with Crippen molar-refractivity contribution in [1.29, 1.82) is 0 Å². The predicted octanol–water partition coefficient (Wildman–Crippen LogP) is 3.01. The maximum atomic E-state index is 3.13. The number of halogens is 1. The fourth-order valence-corrected chi connectivity index (χ4v) is 2.05. The fourth-order valence-electron chi connectivity index (χ4n) is 1.61. The second-order valence-electron chi connectivity index (χ2n) is 4.13. The number of rotatable bonds is 7. The molecule has 0 radical (unpaired) electrons. The van der Waals surface area contributed by atoms with Gasteiger partial charge in [-0.3, -0.25) is 3.53 Å². The summed E-state index contributed by atoms with van der Waals surface area (Å²) in [6.45, 7) is 5.47. The molecule has 90 valence electrons. The maximum Gasteiger partial charge on any atom is 0.0301 e. The number of nitrogens with zero attached hydrogens (tertiary/aromatic N) is 1. The quantitative estimate of drug-likeness (QED) is 0.610. The van der Waals surface area contributed by atoms with Crippen molar-refractivity contribution >= 4 is 22.9 Å². The first-order valence-corrected chi connectivity index (χ1v) is 6.94. The van der Waals surface area contributed by atoms with Crippen molar-refractivity contribution in [2.45, 2.75) is 26.3 Å². The van der Waals surface area contributed by atoms with Crippen LogP contribution < -0.4 is 3.53 Å². The van der Waals surface area contributed by atoms with Crippen LogP contribution in [0.2, 0.25) is 0 Å². The Balaban J connectivity index is 2.31. The third kappa shape index (κ3) is 5.27. The SMILES string of the molecule is CCN(C)CCCc1ccc(CNI)cc1. The van der Waals surface area contributed by atoms with Crippen LogP contribution in [0, 0.1) is 0 Å². The van der Waals surface area contributed by atoms with Crippen molar-refractivity contribution < 1.29 is 0 Å². The molecule has 3 heteroatoms. The summed E-state index contributed by atoms with van der Waals surface area (Å²) in [4.78, 5) is 2.36. The van der Waals surface area contributed by atoms with Crippen LogP contribution in [0.3, 0.4) is 0 Å². The summed E-state index contributed by atoms with van der Waals surface area (Å²) in [7, 11) is 2.18. The van der Waals surface area contributed by atoms with Crippen LogP contribution in [-0.4, -0.2) is 25.0 Å². The molecule has 1 rings (SSSR count). The maximum absolute atomic E-state index is 3.13. The van der Waals surface area contributed by atoms with E-state index in [9.17, 15) is 0 Å². The Morgan fingerprint density at radius 2 is 1.81 bits per heavy atom. The second kappa shape index (κ2) is 8.03. The van der Waals surface area contributed by atoms with E-state index in [-0.39, 0.29) is 0 Å². The zero-order valence-corrected chi connectivity index (χ0v) is 12.3. The summed E-state index contributed by atoms with van der Waals surface area (Å²) in [5, 5.41) is 0. The van der Waals surface area contributed by atoms with E-state index >= 15 is 0 Å². The largest absolute Gasteiger partial charge is 0.307 e. The average molecular weight is 332 g/mol. The average Bonchev–Trinajstić information content (AvgIpc) is 2.31. The third-order valence-corrected chi connectivity index (χ3v) is 3.22. The normalized spacial score (nSPS) is 11.0. The molecule has 1 N–H and O–H groups in total. The standard InChI is InChI=1S/C13H21IN2/c1-3-16(2)10-4-5-12-6-8-13(9-7-12)11-15-14/h6-9,15H,3-5,10-11H2,1-2H3. The van der Waals surface area contributed by atoms with Gasteiger partial charge in [-0.1, -0.05) is 31.2 Å². The summed E-state index contributed by atoms with van der Waals surface area (Å²) < 4.78 is 3.13. The molecule has 0 aliphatic rings. The Bertz CT molecular complexity index is 284. The van der Waals surface area contributed by atoms with Gasteiger partial charge in [0, 0.05) is 29.4 Å². The highest BCUT2D eigenvalue weighted by molar-refractivity contribution is 14.1. The van der Waals surface area contributed by atoms with Crippen LogP contribution in [0.15, 0.2) is 24.3 Å². The van der Waals surface area contributed by atoms with Gasteiger partial charge in [-0.15, -0.1) is 0 Å². The molecule has 1 aromatic carbocycles. The zero-order chi connectivity index (χ0) is 11.8. The van der Waals surface area contributed by atoms with E-state index in [1.165, 1.54) is 30.5 Å². The van der Waals surface area contributed by atoms with Gasteiger partial charge in [-0.25, -0.2) is 0 Å². The summed E-state index contributed by atoms with van der Waals surface area (Å²) in [6.07, 6.45) is 2.43. The van der Waals surface area contributed by atoms with Crippen molar-refractivity contribution in [3.63, 3.8) is 0 Å². The fraction of sp³-hybridized carbons (Fsp3) is 0.538. The number of nitrogens with one attached hydrogen (secondary N) is 1. The Labute approximate surface area is 113 Å². The van der Waals surface area contributed by atoms with E-state index in [2.05, 4.69) is 69.5 Å². The molecular formula is C13H21IN2. The van der Waals surface area contributed by atoms with Gasteiger partial charge in [0.1, 0.15) is 0 Å². The first-order valence-electron chi connectivity index (χ1n) is 5.86. The molecule has 0 unspecified atom stereocenters. The molecule has 0 saturated carbocycles. The van der Waals surface area contributed by atoms with Gasteiger partial charge in [0.15, 0.2) is 0 Å². The van der Waals surface area contributed by atoms with Gasteiger partial charge in [0.2, 0.25) is 0 Å². The molecule has 0 fully saturated rings. The van der Waals surface area contributed by atoms with E-state index in [1.54, 1.807) is 0 Å². The minimum atomic E-state index is 0.944. The van der Waals surface area contributed by atoms with Gasteiger partial charge in [0.05, 0.1) is 0 Å². The number of aryl methyl sites for hydroxylation is 1. The van der Waals surface area contributed by atoms with Crippen molar-refractivity contribution in [3.8, 4) is 0 Å². The zero-order valence-electron chi connectivity index (χ0n) is 10.2. The van der Waals surface area contributed by atoms with E-state index in [0.717, 1.165) is 13.1 Å². The molecule has 0 heterocycles. The van der Waals surface area contributed by atoms with E-state index < -0.39 is 0 Å². The van der Waals surface area contributed by atoms with Crippen LogP contribution in [0.25, 0.3) is 0 Å². The molecule has 1 aromatic rings. The van der Waals surface area contributed by atoms with Crippen LogP contribution in [0.5, 0.6) is 0 Å². The van der Waals surface area contributed by atoms with Gasteiger partial charge in [-0.05, 0) is 44.1 Å². The Morgan fingerprint density at radius 1 is 1.19 bits per heavy atom. The minimum Gasteiger partial charge on any atom is -0.307 e. The number of hydrogen-bond acceptors (Lipinski definition) is 2. The molecule has 0 saturated heterocycles. The van der Waals surface area contributed by atoms with Crippen molar-refractivity contribution in [3.05, 3.63) is 35.4 Å². The van der Waals surface area contributed by atoms with Crippen LogP contribution in [0.1, 0.15) is 24.5 Å². The van der Waals surface area contributed by atoms with Gasteiger partial charge >= 0.3 is 0 Å². The van der Waals surface area contributed by atoms with Crippen molar-refractivity contribution in [2.24, 2.45) is 0 Å². The van der Waals surface area contributed by atoms with Crippen LogP contribution >= 0.6 is 22.9 Å². The summed E-state index contributed by atoms with van der Waals surface area (Å²) >= 11 is 2.18. The number of benzene rings is 1. The first kappa shape index (κ1) is 13.9. The Kier molecular flexibility index (Phi) is 7.00. The molecule has 0 atom stereocenters. The highest BCUT2D eigenvalue weighted by Crippen LogP contribution is 2.07. The second-order valence-corrected chi connectivity index (χ2v) is 4.89. The molecule has 0 aromatic heterocycles. The molecule has 0 bridgehead atoms. The smallest absolute Gasteiger partial charge is 0.0301 e. The van der Waals surface area contributed by atoms with E-state index in [4.69, 9.17) is 0 Å². The molecule has 2 nitrogen and oxygen atoms in total. The van der Waals surface area contributed by atoms with E-state index in [0.29, 0.717) is 0 Å². The number of hydrogen-bond donors (Lipinski definition) is 1. The lowest BCUT2D eigenvalue weighted by atomic mass is 10.1. The van der Waals surface area contributed by atoms with E-state index in [1.807, 2.05) is 0 Å². The van der Waals surface area contributed by atoms with Crippen molar-refractivity contribution in [2.75, 3.05) is 20.1 Å². The first-order chi connectivity index (χ1) is 7.76. The summed E-state index contributed by atoms with van der Waals surface area (Å²) in [5.41, 5.74) is 2.80. The lowest BCUT2D eigenvalue weighted by Gasteiger charge is -2.13. The van der Waals surface area contributed by atoms with Crippen LogP contribution in [0.4, 0.5) is 0 Å². The summed E-state index contributed by atoms with van der Waals surface area (Å²) in [6, 6.07) is 8.92. The van der Waals surface area contributed by atoms with Crippen LogP contribution in [-0.2, 0) is 13.0 Å². The molecule has 0 amide bonds. The lowest BCUT2D eigenvalue weighted by molar-refractivity contribution is 0.347. The molecule has 0 aliphatic carbocycles. The monoisotopic (exact) mass is 332 g/mol. The Morgan fingerprint density at radius 3 is 2.38 bits per heavy atom. The topological polar surface area (TPSA) is 15.3 Å². The molecule has 0 aliphatic heterocycles. The highest BCUT2D eigenvalue weighted by Gasteiger charge is 1.97. The van der Waals surface area contributed by atoms with Gasteiger partial charge in [-0.2, -0.15) is 0 Å². The predicted molar refractivity (Wildman–Crippen MR) is 78.8 cm³/mol. The molecular weight excluding hydrogens is 311 g/mol. The highest BCUT2D eigenvalue weighted by atomic mass is 127. The van der Waals surface area contributed by atoms with Gasteiger partial charge in [0.25, 0.3) is 0 Å². The Hall–Kier alpha value is -0.130. The molecule has 0 spiro atoms. The van der Waals surface area contributed by atoms with Gasteiger partial charge < -0.3 is 4.90 Å². The minimum absolute atomic E-state index is 0.944. The lowest BCUT2D eigenvalue weighted by Crippen LogP contribution is -2.19. The summed E-state index contributed by atoms with van der Waals surface area (Å²) in [5.74, 6) is 0. The molecule has 16 heavy (non-hydrogen) atoms. The van der Waals surface area contributed by atoms with Crippen molar-refractivity contribution in [1.82, 2.24) is 8.43 Å². The third-order valence-electron chi connectivity index (χ3n) is 2.84.